The second kappa shape index (κ2) is 9.82. The van der Waals surface area contributed by atoms with Crippen LogP contribution >= 0.6 is 15.9 Å². The lowest BCUT2D eigenvalue weighted by Gasteiger charge is -2.05. The molecule has 16 heavy (non-hydrogen) atoms. The number of halogens is 1. The van der Waals surface area contributed by atoms with Crippen LogP contribution in [0.15, 0.2) is 30.3 Å². The molecule has 2 nitrogen and oxygen atoms in total. The van der Waals surface area contributed by atoms with Gasteiger partial charge in [-0.15, -0.1) is 0 Å². The Kier molecular flexibility index (Phi) is 8.40. The van der Waals surface area contributed by atoms with E-state index in [1.807, 2.05) is 18.2 Å². The van der Waals surface area contributed by atoms with Gasteiger partial charge in [0.1, 0.15) is 0 Å². The average molecular weight is 286 g/mol. The molecule has 0 unspecified atom stereocenters. The fourth-order valence-corrected chi connectivity index (χ4v) is 1.77. The van der Waals surface area contributed by atoms with Crippen molar-refractivity contribution in [2.24, 2.45) is 0 Å². The van der Waals surface area contributed by atoms with Gasteiger partial charge in [0, 0.05) is 11.9 Å². The molecule has 0 heterocycles. The maximum atomic E-state index is 5.55. The van der Waals surface area contributed by atoms with Crippen LogP contribution in [-0.2, 0) is 11.3 Å². The van der Waals surface area contributed by atoms with Crippen molar-refractivity contribution in [2.75, 3.05) is 25.0 Å². The standard InChI is InChI=1S/C13H20BrNO/c14-8-4-5-9-15-10-11-16-12-13-6-2-1-3-7-13/h1-3,6-7,15H,4-5,8-12H2. The van der Waals surface area contributed by atoms with Crippen LogP contribution in [0.4, 0.5) is 0 Å². The first-order valence-electron chi connectivity index (χ1n) is 5.82. The molecule has 0 saturated heterocycles. The first-order chi connectivity index (χ1) is 7.93. The number of unbranched alkanes of at least 4 members (excludes halogenated alkanes) is 1. The molecule has 0 aliphatic carbocycles. The summed E-state index contributed by atoms with van der Waals surface area (Å²) in [6, 6.07) is 10.3. The van der Waals surface area contributed by atoms with Gasteiger partial charge in [-0.1, -0.05) is 46.3 Å². The summed E-state index contributed by atoms with van der Waals surface area (Å²) in [6.07, 6.45) is 2.46. The van der Waals surface area contributed by atoms with Gasteiger partial charge < -0.3 is 10.1 Å². The summed E-state index contributed by atoms with van der Waals surface area (Å²) < 4.78 is 5.55. The van der Waals surface area contributed by atoms with E-state index in [1.165, 1.54) is 18.4 Å². The summed E-state index contributed by atoms with van der Waals surface area (Å²) in [5.41, 5.74) is 1.24. The van der Waals surface area contributed by atoms with Crippen molar-refractivity contribution >= 4 is 15.9 Å². The highest BCUT2D eigenvalue weighted by Gasteiger charge is 1.92. The van der Waals surface area contributed by atoms with Crippen molar-refractivity contribution in [1.82, 2.24) is 5.32 Å². The van der Waals surface area contributed by atoms with Gasteiger partial charge in [0.2, 0.25) is 0 Å². The fourth-order valence-electron chi connectivity index (χ4n) is 1.38. The Morgan fingerprint density at radius 1 is 1.06 bits per heavy atom. The van der Waals surface area contributed by atoms with Crippen LogP contribution in [0.3, 0.4) is 0 Å². The molecule has 0 spiro atoms. The number of nitrogens with one attached hydrogen (secondary N) is 1. The minimum Gasteiger partial charge on any atom is -0.375 e. The molecule has 0 atom stereocenters. The van der Waals surface area contributed by atoms with E-state index in [1.54, 1.807) is 0 Å². The Morgan fingerprint density at radius 2 is 1.88 bits per heavy atom. The SMILES string of the molecule is BrCCCCNCCOCc1ccccc1. The number of rotatable bonds is 9. The minimum absolute atomic E-state index is 0.712. The van der Waals surface area contributed by atoms with Gasteiger partial charge >= 0.3 is 0 Å². The van der Waals surface area contributed by atoms with Crippen LogP contribution in [-0.4, -0.2) is 25.0 Å². The molecule has 0 aromatic heterocycles. The molecule has 0 aliphatic rings. The molecule has 3 heteroatoms. The second-order valence-electron chi connectivity index (χ2n) is 3.68. The first kappa shape index (κ1) is 13.7. The van der Waals surface area contributed by atoms with Gasteiger partial charge in [0.25, 0.3) is 0 Å². The zero-order valence-corrected chi connectivity index (χ0v) is 11.2. The summed E-state index contributed by atoms with van der Waals surface area (Å²) >= 11 is 3.42. The van der Waals surface area contributed by atoms with Crippen LogP contribution in [0, 0.1) is 0 Å². The van der Waals surface area contributed by atoms with Gasteiger partial charge in [-0.05, 0) is 24.9 Å². The lowest BCUT2D eigenvalue weighted by Crippen LogP contribution is -2.20. The summed E-state index contributed by atoms with van der Waals surface area (Å²) in [7, 11) is 0. The molecule has 0 radical (unpaired) electrons. The van der Waals surface area contributed by atoms with E-state index in [9.17, 15) is 0 Å². The number of hydrogen-bond acceptors (Lipinski definition) is 2. The van der Waals surface area contributed by atoms with Gasteiger partial charge in [0.15, 0.2) is 0 Å². The van der Waals surface area contributed by atoms with E-state index in [0.717, 1.165) is 25.0 Å². The fraction of sp³-hybridized carbons (Fsp3) is 0.538. The van der Waals surface area contributed by atoms with Crippen LogP contribution in [0.25, 0.3) is 0 Å². The highest BCUT2D eigenvalue weighted by Crippen LogP contribution is 1.99. The Bertz CT molecular complexity index is 253. The number of ether oxygens (including phenoxy) is 1. The minimum atomic E-state index is 0.712. The third-order valence-electron chi connectivity index (χ3n) is 2.27. The molecule has 1 rings (SSSR count). The molecule has 0 fully saturated rings. The predicted octanol–water partition coefficient (Wildman–Crippen LogP) is 2.97. The van der Waals surface area contributed by atoms with Crippen molar-refractivity contribution in [1.29, 1.82) is 0 Å². The maximum Gasteiger partial charge on any atom is 0.0717 e. The zero-order valence-electron chi connectivity index (χ0n) is 9.62. The highest BCUT2D eigenvalue weighted by atomic mass is 79.9. The van der Waals surface area contributed by atoms with Crippen LogP contribution in [0.1, 0.15) is 18.4 Å². The monoisotopic (exact) mass is 285 g/mol. The average Bonchev–Trinajstić information content (AvgIpc) is 2.34. The second-order valence-corrected chi connectivity index (χ2v) is 4.48. The van der Waals surface area contributed by atoms with Crippen LogP contribution < -0.4 is 5.32 Å². The Hall–Kier alpha value is -0.380. The van der Waals surface area contributed by atoms with Gasteiger partial charge in [-0.3, -0.25) is 0 Å². The number of benzene rings is 1. The van der Waals surface area contributed by atoms with E-state index in [4.69, 9.17) is 4.74 Å². The van der Waals surface area contributed by atoms with Gasteiger partial charge in [-0.2, -0.15) is 0 Å². The Morgan fingerprint density at radius 3 is 2.62 bits per heavy atom. The van der Waals surface area contributed by atoms with Crippen LogP contribution in [0.2, 0.25) is 0 Å². The molecule has 0 saturated carbocycles. The third-order valence-corrected chi connectivity index (χ3v) is 2.83. The Labute approximate surface area is 107 Å². The van der Waals surface area contributed by atoms with Gasteiger partial charge in [0.05, 0.1) is 13.2 Å². The topological polar surface area (TPSA) is 21.3 Å². The predicted molar refractivity (Wildman–Crippen MR) is 72.0 cm³/mol. The summed E-state index contributed by atoms with van der Waals surface area (Å²) in [4.78, 5) is 0. The van der Waals surface area contributed by atoms with E-state index in [0.29, 0.717) is 6.61 Å². The molecule has 0 bridgehead atoms. The summed E-state index contributed by atoms with van der Waals surface area (Å²) in [5.74, 6) is 0. The smallest absolute Gasteiger partial charge is 0.0717 e. The molecule has 0 amide bonds. The van der Waals surface area contributed by atoms with Crippen molar-refractivity contribution in [3.05, 3.63) is 35.9 Å². The lowest BCUT2D eigenvalue weighted by molar-refractivity contribution is 0.123. The highest BCUT2D eigenvalue weighted by molar-refractivity contribution is 9.09. The quantitative estimate of drug-likeness (QED) is 0.556. The van der Waals surface area contributed by atoms with E-state index in [-0.39, 0.29) is 0 Å². The molecular formula is C13H20BrNO. The zero-order chi connectivity index (χ0) is 11.5. The van der Waals surface area contributed by atoms with Crippen LogP contribution in [0.5, 0.6) is 0 Å². The lowest BCUT2D eigenvalue weighted by atomic mass is 10.2. The molecule has 1 aromatic carbocycles. The number of alkyl halides is 1. The van der Waals surface area contributed by atoms with E-state index < -0.39 is 0 Å². The normalized spacial score (nSPS) is 10.6. The van der Waals surface area contributed by atoms with E-state index >= 15 is 0 Å². The van der Waals surface area contributed by atoms with E-state index in [2.05, 4.69) is 33.4 Å². The maximum absolute atomic E-state index is 5.55. The van der Waals surface area contributed by atoms with Crippen molar-refractivity contribution in [3.63, 3.8) is 0 Å². The molecule has 1 aromatic rings. The van der Waals surface area contributed by atoms with Gasteiger partial charge in [-0.25, -0.2) is 0 Å². The molecule has 0 aliphatic heterocycles. The molecule has 1 N–H and O–H groups in total. The largest absolute Gasteiger partial charge is 0.375 e. The number of hydrogen-bond donors (Lipinski definition) is 1. The van der Waals surface area contributed by atoms with Crippen molar-refractivity contribution < 1.29 is 4.74 Å². The molecule has 90 valence electrons. The molecular weight excluding hydrogens is 266 g/mol. The third kappa shape index (κ3) is 6.99. The summed E-state index contributed by atoms with van der Waals surface area (Å²) in [5, 5.41) is 4.46. The Balaban J connectivity index is 1.89. The van der Waals surface area contributed by atoms with Crippen molar-refractivity contribution in [2.45, 2.75) is 19.4 Å². The summed E-state index contributed by atoms with van der Waals surface area (Å²) in [6.45, 7) is 3.52. The first-order valence-corrected chi connectivity index (χ1v) is 6.94. The van der Waals surface area contributed by atoms with Crippen molar-refractivity contribution in [3.8, 4) is 0 Å².